The second kappa shape index (κ2) is 6.45. The number of aliphatic hydroxyl groups is 1. The molecule has 2 aliphatic carbocycles. The van der Waals surface area contributed by atoms with Crippen molar-refractivity contribution >= 4 is 12.4 Å². The van der Waals surface area contributed by atoms with Crippen molar-refractivity contribution in [3.05, 3.63) is 41.0 Å². The molecule has 2 saturated carbocycles. The average Bonchev–Trinajstić information content (AvgIpc) is 2.53. The predicted octanol–water partition coefficient (Wildman–Crippen LogP) is 3.51. The summed E-state index contributed by atoms with van der Waals surface area (Å²) >= 11 is 0. The molecule has 128 valence electrons. The van der Waals surface area contributed by atoms with Crippen LogP contribution >= 0.6 is 0 Å². The van der Waals surface area contributed by atoms with Gasteiger partial charge in [-0.2, -0.15) is 0 Å². The Morgan fingerprint density at radius 3 is 2.29 bits per heavy atom. The van der Waals surface area contributed by atoms with Gasteiger partial charge in [-0.1, -0.05) is 42.3 Å². The van der Waals surface area contributed by atoms with Crippen LogP contribution in [-0.4, -0.2) is 35.4 Å². The number of benzene rings is 1. The van der Waals surface area contributed by atoms with Crippen LogP contribution in [0.4, 0.5) is 0 Å². The Hall–Kier alpha value is -1.45. The highest BCUT2D eigenvalue weighted by atomic mass is 16.3. The number of carbonyl (C=O) groups excluding carboxylic acids is 1. The summed E-state index contributed by atoms with van der Waals surface area (Å²) < 4.78 is 0. The van der Waals surface area contributed by atoms with Crippen LogP contribution in [0.25, 0.3) is 6.08 Å². The van der Waals surface area contributed by atoms with E-state index in [4.69, 9.17) is 0 Å². The summed E-state index contributed by atoms with van der Waals surface area (Å²) in [6.45, 7) is 2.42. The lowest BCUT2D eigenvalue weighted by molar-refractivity contribution is -0.128. The molecule has 3 heteroatoms. The van der Waals surface area contributed by atoms with Gasteiger partial charge in [-0.3, -0.25) is 4.90 Å². The normalized spacial score (nSPS) is 31.2. The molecule has 0 aromatic heterocycles. The Morgan fingerprint density at radius 2 is 1.75 bits per heavy atom. The van der Waals surface area contributed by atoms with Crippen molar-refractivity contribution in [3.63, 3.8) is 0 Å². The number of nitrogens with zero attached hydrogens (tertiary/aromatic N) is 1. The van der Waals surface area contributed by atoms with Gasteiger partial charge in [0.25, 0.3) is 0 Å². The Balaban J connectivity index is 1.36. The summed E-state index contributed by atoms with van der Waals surface area (Å²) in [6, 6.07) is 9.12. The minimum absolute atomic E-state index is 0.0256. The largest absolute Gasteiger partial charge is 0.385 e. The van der Waals surface area contributed by atoms with E-state index in [9.17, 15) is 9.90 Å². The SMILES string of the molecule is O=CC1CC(O)(c2ccc(C=C3CCN(C4CCC4)CC3)cc2)C1. The third kappa shape index (κ3) is 3.07. The van der Waals surface area contributed by atoms with Gasteiger partial charge in [0.2, 0.25) is 0 Å². The van der Waals surface area contributed by atoms with Gasteiger partial charge < -0.3 is 9.90 Å². The number of rotatable bonds is 4. The lowest BCUT2D eigenvalue weighted by Gasteiger charge is -2.41. The summed E-state index contributed by atoms with van der Waals surface area (Å²) in [4.78, 5) is 13.4. The van der Waals surface area contributed by atoms with Crippen LogP contribution in [0.1, 0.15) is 56.1 Å². The number of carbonyl (C=O) groups is 1. The Kier molecular flexibility index (Phi) is 4.31. The molecular weight excluding hydrogens is 298 g/mol. The van der Waals surface area contributed by atoms with E-state index in [-0.39, 0.29) is 5.92 Å². The molecule has 3 fully saturated rings. The van der Waals surface area contributed by atoms with Crippen LogP contribution in [0.15, 0.2) is 29.8 Å². The van der Waals surface area contributed by atoms with Gasteiger partial charge in [-0.15, -0.1) is 0 Å². The molecule has 1 aliphatic heterocycles. The highest BCUT2D eigenvalue weighted by Gasteiger charge is 2.43. The molecule has 3 nitrogen and oxygen atoms in total. The first-order chi connectivity index (χ1) is 11.7. The van der Waals surface area contributed by atoms with Crippen molar-refractivity contribution in [2.24, 2.45) is 5.92 Å². The fourth-order valence-electron chi connectivity index (χ4n) is 4.34. The maximum atomic E-state index is 10.7. The van der Waals surface area contributed by atoms with E-state index >= 15 is 0 Å². The van der Waals surface area contributed by atoms with Gasteiger partial charge in [0, 0.05) is 25.0 Å². The molecule has 3 aliphatic rings. The van der Waals surface area contributed by atoms with E-state index in [1.165, 1.54) is 50.8 Å². The summed E-state index contributed by atoms with van der Waals surface area (Å²) in [5, 5.41) is 10.5. The van der Waals surface area contributed by atoms with Crippen LogP contribution in [0, 0.1) is 5.92 Å². The third-order valence-corrected chi connectivity index (χ3v) is 6.24. The maximum Gasteiger partial charge on any atom is 0.123 e. The van der Waals surface area contributed by atoms with Gasteiger partial charge in [-0.05, 0) is 49.7 Å². The molecule has 1 saturated heterocycles. The second-order valence-electron chi connectivity index (χ2n) is 7.88. The van der Waals surface area contributed by atoms with E-state index in [1.807, 2.05) is 12.1 Å². The molecule has 0 amide bonds. The zero-order valence-corrected chi connectivity index (χ0v) is 14.3. The molecule has 1 N–H and O–H groups in total. The van der Waals surface area contributed by atoms with Crippen molar-refractivity contribution in [2.45, 2.75) is 56.6 Å². The standard InChI is InChI=1S/C21H27NO2/c23-15-18-13-21(24,14-18)19-6-4-16(5-7-19)12-17-8-10-22(11-9-17)20-2-1-3-20/h4-7,12,15,18,20,24H,1-3,8-11,13-14H2. The fourth-order valence-corrected chi connectivity index (χ4v) is 4.34. The maximum absolute atomic E-state index is 10.7. The summed E-state index contributed by atoms with van der Waals surface area (Å²) in [5.41, 5.74) is 2.93. The van der Waals surface area contributed by atoms with Gasteiger partial charge in [0.15, 0.2) is 0 Å². The molecule has 0 atom stereocenters. The number of aldehydes is 1. The molecule has 0 bridgehead atoms. The highest BCUT2D eigenvalue weighted by Crippen LogP contribution is 2.44. The first-order valence-electron chi connectivity index (χ1n) is 9.38. The van der Waals surface area contributed by atoms with E-state index in [0.717, 1.165) is 17.9 Å². The van der Waals surface area contributed by atoms with Crippen LogP contribution in [0.5, 0.6) is 0 Å². The third-order valence-electron chi connectivity index (χ3n) is 6.24. The molecule has 0 spiro atoms. The van der Waals surface area contributed by atoms with Crippen molar-refractivity contribution in [1.82, 2.24) is 4.90 Å². The summed E-state index contributed by atoms with van der Waals surface area (Å²) in [5.74, 6) is 0.0256. The van der Waals surface area contributed by atoms with Crippen LogP contribution in [0.2, 0.25) is 0 Å². The van der Waals surface area contributed by atoms with E-state index in [2.05, 4.69) is 23.1 Å². The summed E-state index contributed by atoms with van der Waals surface area (Å²) in [6.07, 6.45) is 11.0. The van der Waals surface area contributed by atoms with Crippen molar-refractivity contribution in [1.29, 1.82) is 0 Å². The quantitative estimate of drug-likeness (QED) is 0.861. The lowest BCUT2D eigenvalue weighted by Crippen LogP contribution is -2.43. The molecule has 0 radical (unpaired) electrons. The number of likely N-dealkylation sites (tertiary alicyclic amines) is 1. The van der Waals surface area contributed by atoms with Crippen LogP contribution in [0.3, 0.4) is 0 Å². The first-order valence-corrected chi connectivity index (χ1v) is 9.38. The molecule has 24 heavy (non-hydrogen) atoms. The predicted molar refractivity (Wildman–Crippen MR) is 95.5 cm³/mol. The molecule has 4 rings (SSSR count). The summed E-state index contributed by atoms with van der Waals surface area (Å²) in [7, 11) is 0. The van der Waals surface area contributed by atoms with Gasteiger partial charge in [0.1, 0.15) is 6.29 Å². The van der Waals surface area contributed by atoms with Gasteiger partial charge >= 0.3 is 0 Å². The van der Waals surface area contributed by atoms with Gasteiger partial charge in [-0.25, -0.2) is 0 Å². The van der Waals surface area contributed by atoms with E-state index < -0.39 is 5.60 Å². The first kappa shape index (κ1) is 16.0. The monoisotopic (exact) mass is 325 g/mol. The van der Waals surface area contributed by atoms with Gasteiger partial charge in [0.05, 0.1) is 5.60 Å². The van der Waals surface area contributed by atoms with Crippen LogP contribution in [-0.2, 0) is 10.4 Å². The smallest absolute Gasteiger partial charge is 0.123 e. The molecule has 1 aromatic rings. The van der Waals surface area contributed by atoms with E-state index in [0.29, 0.717) is 12.8 Å². The van der Waals surface area contributed by atoms with Crippen LogP contribution < -0.4 is 0 Å². The zero-order valence-electron chi connectivity index (χ0n) is 14.3. The molecule has 1 heterocycles. The van der Waals surface area contributed by atoms with Crippen molar-refractivity contribution < 1.29 is 9.90 Å². The highest BCUT2D eigenvalue weighted by molar-refractivity contribution is 5.58. The number of piperidine rings is 1. The Bertz CT molecular complexity index is 614. The van der Waals surface area contributed by atoms with Crippen molar-refractivity contribution in [3.8, 4) is 0 Å². The number of hydrogen-bond acceptors (Lipinski definition) is 3. The topological polar surface area (TPSA) is 40.5 Å². The molecule has 0 unspecified atom stereocenters. The van der Waals surface area contributed by atoms with E-state index in [1.54, 1.807) is 5.57 Å². The number of hydrogen-bond donors (Lipinski definition) is 1. The molecular formula is C21H27NO2. The van der Waals surface area contributed by atoms with Crippen molar-refractivity contribution in [2.75, 3.05) is 13.1 Å². The lowest BCUT2D eigenvalue weighted by atomic mass is 9.68. The minimum atomic E-state index is -0.786. The minimum Gasteiger partial charge on any atom is -0.385 e. The molecule has 1 aromatic carbocycles. The Labute approximate surface area is 144 Å². The fraction of sp³-hybridized carbons (Fsp3) is 0.571. The average molecular weight is 325 g/mol. The zero-order chi connectivity index (χ0) is 16.6. The second-order valence-corrected chi connectivity index (χ2v) is 7.88. The Morgan fingerprint density at radius 1 is 1.08 bits per heavy atom.